The van der Waals surface area contributed by atoms with Gasteiger partial charge in [-0.05, 0) is 38.4 Å². The summed E-state index contributed by atoms with van der Waals surface area (Å²) in [5.41, 5.74) is 2.41. The number of nitrogens with one attached hydrogen (secondary N) is 1. The van der Waals surface area contributed by atoms with Crippen LogP contribution < -0.4 is 5.32 Å². The fourth-order valence-electron chi connectivity index (χ4n) is 2.62. The largest absolute Gasteiger partial charge is 0.352 e. The molecular formula is C21H32N4O2. The van der Waals surface area contributed by atoms with Crippen molar-refractivity contribution < 1.29 is 9.32 Å². The molecule has 1 heterocycles. The molecule has 1 aromatic carbocycles. The van der Waals surface area contributed by atoms with Gasteiger partial charge >= 0.3 is 0 Å². The lowest BCUT2D eigenvalue weighted by Gasteiger charge is -2.22. The number of nitrogens with zero attached hydrogens (tertiary/aromatic N) is 3. The monoisotopic (exact) mass is 372 g/mol. The molecule has 2 aromatic rings. The first-order chi connectivity index (χ1) is 12.9. The van der Waals surface area contributed by atoms with Crippen LogP contribution in [-0.4, -0.2) is 34.0 Å². The minimum absolute atomic E-state index is 0.0469. The molecule has 0 bridgehead atoms. The number of hydrogen-bond donors (Lipinski definition) is 1. The predicted molar refractivity (Wildman–Crippen MR) is 106 cm³/mol. The van der Waals surface area contributed by atoms with E-state index in [1.54, 1.807) is 0 Å². The molecule has 1 aromatic heterocycles. The molecule has 0 radical (unpaired) electrons. The summed E-state index contributed by atoms with van der Waals surface area (Å²) in [7, 11) is 2.11. The Morgan fingerprint density at radius 2 is 1.89 bits per heavy atom. The van der Waals surface area contributed by atoms with Crippen LogP contribution in [0.3, 0.4) is 0 Å². The van der Waals surface area contributed by atoms with Gasteiger partial charge in [0.1, 0.15) is 0 Å². The number of carbonyl (C=O) groups excluding carboxylic acids is 1. The first-order valence-electron chi connectivity index (χ1n) is 9.73. The molecule has 6 nitrogen and oxygen atoms in total. The van der Waals surface area contributed by atoms with Gasteiger partial charge in [-0.15, -0.1) is 0 Å². The van der Waals surface area contributed by atoms with Crippen LogP contribution in [-0.2, 0) is 24.3 Å². The summed E-state index contributed by atoms with van der Waals surface area (Å²) < 4.78 is 5.21. The Labute approximate surface area is 162 Å². The Bertz CT molecular complexity index is 724. The third kappa shape index (κ3) is 6.79. The molecule has 0 atom stereocenters. The maximum Gasteiger partial charge on any atom is 0.226 e. The second kappa shape index (κ2) is 10.2. The van der Waals surface area contributed by atoms with Crippen molar-refractivity contribution in [3.05, 3.63) is 47.1 Å². The van der Waals surface area contributed by atoms with Crippen LogP contribution in [0, 0.1) is 0 Å². The van der Waals surface area contributed by atoms with Gasteiger partial charge in [0.2, 0.25) is 11.8 Å². The van der Waals surface area contributed by atoms with E-state index in [4.69, 9.17) is 4.52 Å². The number of rotatable bonds is 10. The van der Waals surface area contributed by atoms with Gasteiger partial charge in [-0.2, -0.15) is 4.98 Å². The third-order valence-corrected chi connectivity index (χ3v) is 4.69. The van der Waals surface area contributed by atoms with Crippen molar-refractivity contribution >= 4 is 5.91 Å². The Hall–Kier alpha value is -2.21. The fraction of sp³-hybridized carbons (Fsp3) is 0.571. The summed E-state index contributed by atoms with van der Waals surface area (Å²) >= 11 is 0. The highest BCUT2D eigenvalue weighted by Gasteiger charge is 2.11. The summed E-state index contributed by atoms with van der Waals surface area (Å²) in [5, 5.41) is 6.97. The molecule has 1 N–H and O–H groups in total. The maximum atomic E-state index is 12.2. The summed E-state index contributed by atoms with van der Waals surface area (Å²) in [6.45, 7) is 9.84. The lowest BCUT2D eigenvalue weighted by Crippen LogP contribution is -2.27. The van der Waals surface area contributed by atoms with Crippen molar-refractivity contribution in [3.8, 4) is 0 Å². The van der Waals surface area contributed by atoms with Gasteiger partial charge in [0.05, 0.1) is 0 Å². The van der Waals surface area contributed by atoms with E-state index in [-0.39, 0.29) is 11.8 Å². The fourth-order valence-corrected chi connectivity index (χ4v) is 2.62. The second-order valence-corrected chi connectivity index (χ2v) is 7.61. The van der Waals surface area contributed by atoms with Crippen LogP contribution >= 0.6 is 0 Å². The average molecular weight is 373 g/mol. The third-order valence-electron chi connectivity index (χ3n) is 4.69. The van der Waals surface area contributed by atoms with Crippen molar-refractivity contribution in [1.29, 1.82) is 0 Å². The van der Waals surface area contributed by atoms with E-state index in [9.17, 15) is 4.79 Å². The van der Waals surface area contributed by atoms with Crippen LogP contribution in [0.25, 0.3) is 0 Å². The zero-order valence-corrected chi connectivity index (χ0v) is 17.2. The van der Waals surface area contributed by atoms with Crippen LogP contribution in [0.1, 0.15) is 69.3 Å². The van der Waals surface area contributed by atoms with E-state index in [2.05, 4.69) is 53.4 Å². The van der Waals surface area contributed by atoms with Crippen LogP contribution in [0.4, 0.5) is 0 Å². The Morgan fingerprint density at radius 1 is 1.19 bits per heavy atom. The van der Waals surface area contributed by atoms with Crippen molar-refractivity contribution in [2.75, 3.05) is 7.05 Å². The first kappa shape index (κ1) is 21.1. The van der Waals surface area contributed by atoms with E-state index in [1.807, 2.05) is 26.0 Å². The van der Waals surface area contributed by atoms with Crippen molar-refractivity contribution in [2.24, 2.45) is 0 Å². The molecule has 0 aliphatic carbocycles. The van der Waals surface area contributed by atoms with E-state index in [0.29, 0.717) is 37.7 Å². The van der Waals surface area contributed by atoms with Crippen LogP contribution in [0.15, 0.2) is 28.8 Å². The van der Waals surface area contributed by atoms with E-state index < -0.39 is 0 Å². The summed E-state index contributed by atoms with van der Waals surface area (Å²) in [5.74, 6) is 1.62. The molecule has 0 saturated heterocycles. The normalized spacial score (nSPS) is 11.6. The van der Waals surface area contributed by atoms with Gasteiger partial charge < -0.3 is 9.84 Å². The first-order valence-corrected chi connectivity index (χ1v) is 9.73. The van der Waals surface area contributed by atoms with Crippen LogP contribution in [0.2, 0.25) is 0 Å². The SMILES string of the molecule is CC(C)c1noc(CCCC(=O)NCc2ccccc2CN(C)C(C)C)n1. The molecule has 0 aliphatic heterocycles. The Kier molecular flexibility index (Phi) is 7.98. The van der Waals surface area contributed by atoms with Crippen molar-refractivity contribution in [1.82, 2.24) is 20.4 Å². The van der Waals surface area contributed by atoms with Gasteiger partial charge in [0.15, 0.2) is 5.82 Å². The molecule has 0 spiro atoms. The van der Waals surface area contributed by atoms with Gasteiger partial charge in [-0.1, -0.05) is 43.3 Å². The number of benzene rings is 1. The topological polar surface area (TPSA) is 71.3 Å². The van der Waals surface area contributed by atoms with Crippen molar-refractivity contribution in [3.63, 3.8) is 0 Å². The minimum atomic E-state index is 0.0469. The molecule has 0 saturated carbocycles. The van der Waals surface area contributed by atoms with Gasteiger partial charge in [-0.3, -0.25) is 9.69 Å². The standard InChI is InChI=1S/C21H32N4O2/c1-15(2)21-23-20(27-24-21)12-8-11-19(26)22-13-17-9-6-7-10-18(17)14-25(5)16(3)4/h6-7,9-10,15-16H,8,11-14H2,1-5H3,(H,22,26). The molecule has 0 fully saturated rings. The van der Waals surface area contributed by atoms with Crippen molar-refractivity contribution in [2.45, 2.75) is 72.0 Å². The number of hydrogen-bond acceptors (Lipinski definition) is 5. The van der Waals surface area contributed by atoms with E-state index >= 15 is 0 Å². The molecule has 0 unspecified atom stereocenters. The zero-order valence-electron chi connectivity index (χ0n) is 17.2. The maximum absolute atomic E-state index is 12.2. The molecule has 1 amide bonds. The van der Waals surface area contributed by atoms with Gasteiger partial charge in [0.25, 0.3) is 0 Å². The molecule has 2 rings (SSSR count). The zero-order chi connectivity index (χ0) is 19.8. The molecule has 148 valence electrons. The Morgan fingerprint density at radius 3 is 2.52 bits per heavy atom. The molecular weight excluding hydrogens is 340 g/mol. The summed E-state index contributed by atoms with van der Waals surface area (Å²) in [6.07, 6.45) is 1.78. The quantitative estimate of drug-likeness (QED) is 0.689. The highest BCUT2D eigenvalue weighted by Crippen LogP contribution is 2.13. The number of amides is 1. The lowest BCUT2D eigenvalue weighted by molar-refractivity contribution is -0.121. The highest BCUT2D eigenvalue weighted by molar-refractivity contribution is 5.75. The summed E-state index contributed by atoms with van der Waals surface area (Å²) in [6, 6.07) is 8.75. The average Bonchev–Trinajstić information content (AvgIpc) is 3.10. The molecule has 27 heavy (non-hydrogen) atoms. The molecule has 6 heteroatoms. The molecule has 0 aliphatic rings. The Balaban J connectivity index is 1.78. The van der Waals surface area contributed by atoms with Crippen LogP contribution in [0.5, 0.6) is 0 Å². The lowest BCUT2D eigenvalue weighted by atomic mass is 10.1. The second-order valence-electron chi connectivity index (χ2n) is 7.61. The van der Waals surface area contributed by atoms with Gasteiger partial charge in [0, 0.05) is 37.9 Å². The number of aryl methyl sites for hydroxylation is 1. The van der Waals surface area contributed by atoms with Gasteiger partial charge in [-0.25, -0.2) is 0 Å². The summed E-state index contributed by atoms with van der Waals surface area (Å²) in [4.78, 5) is 18.8. The van der Waals surface area contributed by atoms with E-state index in [0.717, 1.165) is 17.9 Å². The van der Waals surface area contributed by atoms with E-state index in [1.165, 1.54) is 5.56 Å². The number of carbonyl (C=O) groups is 1. The smallest absolute Gasteiger partial charge is 0.226 e. The minimum Gasteiger partial charge on any atom is -0.352 e. The number of aromatic nitrogens is 2. The highest BCUT2D eigenvalue weighted by atomic mass is 16.5. The predicted octanol–water partition coefficient (Wildman–Crippen LogP) is 3.67.